The van der Waals surface area contributed by atoms with Crippen LogP contribution >= 0.6 is 0 Å². The number of nitrogens with zero attached hydrogens (tertiary/aromatic N) is 4. The Labute approximate surface area is 145 Å². The van der Waals surface area contributed by atoms with E-state index in [0.29, 0.717) is 6.54 Å². The zero-order chi connectivity index (χ0) is 17.1. The van der Waals surface area contributed by atoms with Gasteiger partial charge in [-0.15, -0.1) is 5.10 Å². The van der Waals surface area contributed by atoms with Crippen molar-refractivity contribution >= 4 is 11.3 Å². The number of nitrogens with one attached hydrogen (secondary N) is 1. The van der Waals surface area contributed by atoms with E-state index in [1.165, 1.54) is 0 Å². The summed E-state index contributed by atoms with van der Waals surface area (Å²) in [5.41, 5.74) is 5.00. The molecular formula is C19H17N5O. The SMILES string of the molecule is COc1ccc(NCc2cc(-c3ccccc3)cn3nnnc23)cc1. The molecule has 0 saturated carbocycles. The maximum atomic E-state index is 5.19. The summed E-state index contributed by atoms with van der Waals surface area (Å²) in [6.07, 6.45) is 1.95. The Morgan fingerprint density at radius 1 is 1.00 bits per heavy atom. The van der Waals surface area contributed by atoms with Gasteiger partial charge in [0.05, 0.1) is 7.11 Å². The molecule has 6 nitrogen and oxygen atoms in total. The number of aromatic nitrogens is 4. The predicted molar refractivity (Wildman–Crippen MR) is 96.5 cm³/mol. The number of rotatable bonds is 5. The fraction of sp³-hybridized carbons (Fsp3) is 0.105. The van der Waals surface area contributed by atoms with Crippen molar-refractivity contribution in [3.63, 3.8) is 0 Å². The third-order valence-corrected chi connectivity index (χ3v) is 4.05. The minimum atomic E-state index is 0.622. The van der Waals surface area contributed by atoms with Crippen molar-refractivity contribution in [2.45, 2.75) is 6.54 Å². The van der Waals surface area contributed by atoms with E-state index in [1.807, 2.05) is 48.7 Å². The zero-order valence-corrected chi connectivity index (χ0v) is 13.8. The summed E-state index contributed by atoms with van der Waals surface area (Å²) in [4.78, 5) is 0. The first-order valence-electron chi connectivity index (χ1n) is 7.97. The van der Waals surface area contributed by atoms with Crippen LogP contribution in [0.5, 0.6) is 5.75 Å². The molecule has 2 aromatic carbocycles. The minimum Gasteiger partial charge on any atom is -0.497 e. The highest BCUT2D eigenvalue weighted by Crippen LogP contribution is 2.23. The lowest BCUT2D eigenvalue weighted by molar-refractivity contribution is 0.415. The van der Waals surface area contributed by atoms with Crippen LogP contribution in [-0.4, -0.2) is 27.2 Å². The maximum Gasteiger partial charge on any atom is 0.184 e. The van der Waals surface area contributed by atoms with E-state index in [1.54, 1.807) is 11.6 Å². The molecule has 0 fully saturated rings. The smallest absolute Gasteiger partial charge is 0.184 e. The molecule has 0 radical (unpaired) electrons. The molecule has 0 aliphatic rings. The van der Waals surface area contributed by atoms with Gasteiger partial charge in [-0.1, -0.05) is 30.3 Å². The highest BCUT2D eigenvalue weighted by Gasteiger charge is 2.09. The number of ether oxygens (including phenoxy) is 1. The Kier molecular flexibility index (Phi) is 4.00. The molecule has 6 heteroatoms. The fourth-order valence-electron chi connectivity index (χ4n) is 2.74. The van der Waals surface area contributed by atoms with Crippen LogP contribution in [0, 0.1) is 0 Å². The highest BCUT2D eigenvalue weighted by molar-refractivity contribution is 5.67. The van der Waals surface area contributed by atoms with E-state index in [9.17, 15) is 0 Å². The monoisotopic (exact) mass is 331 g/mol. The number of hydrogen-bond donors (Lipinski definition) is 1. The van der Waals surface area contributed by atoms with E-state index >= 15 is 0 Å². The van der Waals surface area contributed by atoms with Crippen molar-refractivity contribution in [2.75, 3.05) is 12.4 Å². The first kappa shape index (κ1) is 15.1. The molecular weight excluding hydrogens is 314 g/mol. The highest BCUT2D eigenvalue weighted by atomic mass is 16.5. The van der Waals surface area contributed by atoms with Crippen LogP contribution in [0.2, 0.25) is 0 Å². The summed E-state index contributed by atoms with van der Waals surface area (Å²) in [6, 6.07) is 20.1. The van der Waals surface area contributed by atoms with Crippen molar-refractivity contribution in [2.24, 2.45) is 0 Å². The molecule has 4 rings (SSSR count). The molecule has 1 N–H and O–H groups in total. The predicted octanol–water partition coefficient (Wildman–Crippen LogP) is 3.41. The first-order valence-corrected chi connectivity index (χ1v) is 7.97. The molecule has 0 bridgehead atoms. The Morgan fingerprint density at radius 3 is 2.56 bits per heavy atom. The van der Waals surface area contributed by atoms with Crippen molar-refractivity contribution in [3.05, 3.63) is 72.4 Å². The zero-order valence-electron chi connectivity index (χ0n) is 13.8. The van der Waals surface area contributed by atoms with Crippen LogP contribution in [-0.2, 0) is 6.54 Å². The van der Waals surface area contributed by atoms with Crippen molar-refractivity contribution in [1.82, 2.24) is 20.0 Å². The molecule has 0 atom stereocenters. The van der Waals surface area contributed by atoms with Crippen LogP contribution in [0.1, 0.15) is 5.56 Å². The number of tetrazole rings is 1. The second kappa shape index (κ2) is 6.60. The topological polar surface area (TPSA) is 64.3 Å². The summed E-state index contributed by atoms with van der Waals surface area (Å²) < 4.78 is 6.90. The van der Waals surface area contributed by atoms with Gasteiger partial charge < -0.3 is 10.1 Å². The van der Waals surface area contributed by atoms with Gasteiger partial charge >= 0.3 is 0 Å². The summed E-state index contributed by atoms with van der Waals surface area (Å²) in [7, 11) is 1.66. The van der Waals surface area contributed by atoms with Crippen LogP contribution in [0.25, 0.3) is 16.8 Å². The number of pyridine rings is 1. The molecule has 0 amide bonds. The van der Waals surface area contributed by atoms with Gasteiger partial charge in [-0.05, 0) is 46.3 Å². The van der Waals surface area contributed by atoms with Crippen LogP contribution < -0.4 is 10.1 Å². The third-order valence-electron chi connectivity index (χ3n) is 4.05. The largest absolute Gasteiger partial charge is 0.497 e. The first-order chi connectivity index (χ1) is 12.3. The van der Waals surface area contributed by atoms with E-state index in [4.69, 9.17) is 4.74 Å². The van der Waals surface area contributed by atoms with Crippen molar-refractivity contribution < 1.29 is 4.74 Å². The third kappa shape index (κ3) is 3.14. The number of benzene rings is 2. The average molecular weight is 331 g/mol. The Morgan fingerprint density at radius 2 is 1.80 bits per heavy atom. The molecule has 0 aliphatic carbocycles. The van der Waals surface area contributed by atoms with Gasteiger partial charge in [-0.3, -0.25) is 0 Å². The lowest BCUT2D eigenvalue weighted by Gasteiger charge is -2.10. The average Bonchev–Trinajstić information content (AvgIpc) is 3.16. The van der Waals surface area contributed by atoms with Crippen LogP contribution in [0.3, 0.4) is 0 Å². The van der Waals surface area contributed by atoms with Gasteiger partial charge in [0.25, 0.3) is 0 Å². The van der Waals surface area contributed by atoms with Crippen LogP contribution in [0.15, 0.2) is 66.9 Å². The standard InChI is InChI=1S/C19H17N5O/c1-25-18-9-7-17(8-10-18)20-12-15-11-16(14-5-3-2-4-6-14)13-24-19(15)21-22-23-24/h2-11,13,20H,12H2,1H3. The summed E-state index contributed by atoms with van der Waals surface area (Å²) in [5.74, 6) is 0.834. The van der Waals surface area contributed by atoms with E-state index in [2.05, 4.69) is 39.0 Å². The number of hydrogen-bond acceptors (Lipinski definition) is 5. The molecule has 4 aromatic rings. The van der Waals surface area contributed by atoms with Gasteiger partial charge in [0.2, 0.25) is 0 Å². The Balaban J connectivity index is 1.64. The Bertz CT molecular complexity index is 980. The molecule has 2 heterocycles. The maximum absolute atomic E-state index is 5.19. The number of fused-ring (bicyclic) bond motifs is 1. The van der Waals surface area contributed by atoms with Crippen LogP contribution in [0.4, 0.5) is 5.69 Å². The second-order valence-electron chi connectivity index (χ2n) is 5.65. The van der Waals surface area contributed by atoms with E-state index in [0.717, 1.165) is 33.8 Å². The molecule has 2 aromatic heterocycles. The minimum absolute atomic E-state index is 0.622. The molecule has 0 unspecified atom stereocenters. The second-order valence-corrected chi connectivity index (χ2v) is 5.65. The quantitative estimate of drug-likeness (QED) is 0.607. The molecule has 0 spiro atoms. The lowest BCUT2D eigenvalue weighted by Crippen LogP contribution is -2.03. The molecule has 0 aliphatic heterocycles. The number of methoxy groups -OCH3 is 1. The van der Waals surface area contributed by atoms with Crippen molar-refractivity contribution in [3.8, 4) is 16.9 Å². The van der Waals surface area contributed by atoms with Gasteiger partial charge in [0.15, 0.2) is 5.65 Å². The van der Waals surface area contributed by atoms with Gasteiger partial charge in [0.1, 0.15) is 5.75 Å². The van der Waals surface area contributed by atoms with E-state index in [-0.39, 0.29) is 0 Å². The van der Waals surface area contributed by atoms with Gasteiger partial charge in [-0.25, -0.2) is 0 Å². The van der Waals surface area contributed by atoms with E-state index < -0.39 is 0 Å². The summed E-state index contributed by atoms with van der Waals surface area (Å²) in [5, 5.41) is 15.4. The molecule has 124 valence electrons. The fourth-order valence-corrected chi connectivity index (χ4v) is 2.74. The molecule has 0 saturated heterocycles. The van der Waals surface area contributed by atoms with Gasteiger partial charge in [0, 0.05) is 29.6 Å². The lowest BCUT2D eigenvalue weighted by atomic mass is 10.1. The summed E-state index contributed by atoms with van der Waals surface area (Å²) in [6.45, 7) is 0.622. The normalized spacial score (nSPS) is 10.8. The number of anilines is 1. The van der Waals surface area contributed by atoms with Crippen molar-refractivity contribution in [1.29, 1.82) is 0 Å². The summed E-state index contributed by atoms with van der Waals surface area (Å²) >= 11 is 0. The Hall–Kier alpha value is -3.41. The van der Waals surface area contributed by atoms with Gasteiger partial charge in [-0.2, -0.15) is 4.52 Å². The molecule has 25 heavy (non-hydrogen) atoms.